The van der Waals surface area contributed by atoms with Crippen molar-refractivity contribution < 1.29 is 4.74 Å². The van der Waals surface area contributed by atoms with Gasteiger partial charge in [0.2, 0.25) is 0 Å². The average molecular weight is 233 g/mol. The van der Waals surface area contributed by atoms with E-state index >= 15 is 0 Å². The molecule has 1 aromatic rings. The lowest BCUT2D eigenvalue weighted by Gasteiger charge is -2.16. The summed E-state index contributed by atoms with van der Waals surface area (Å²) in [7, 11) is 0. The molecule has 0 fully saturated rings. The number of hydrogen-bond donors (Lipinski definition) is 0. The Kier molecular flexibility index (Phi) is 6.76. The first-order valence-electron chi connectivity index (χ1n) is 6.84. The van der Waals surface area contributed by atoms with Gasteiger partial charge in [0.15, 0.2) is 0 Å². The highest BCUT2D eigenvalue weighted by Crippen LogP contribution is 2.29. The summed E-state index contributed by atoms with van der Waals surface area (Å²) in [6, 6.07) is 8.28. The number of hydrogen-bond acceptors (Lipinski definition) is 1. The van der Waals surface area contributed by atoms with Gasteiger partial charge in [-0.3, -0.25) is 0 Å². The first kappa shape index (κ1) is 14.1. The third kappa shape index (κ3) is 4.80. The van der Waals surface area contributed by atoms with Crippen molar-refractivity contribution in [2.24, 2.45) is 0 Å². The van der Waals surface area contributed by atoms with Gasteiger partial charge in [-0.15, -0.1) is 0 Å². The Morgan fingerprint density at radius 3 is 2.59 bits per heavy atom. The van der Waals surface area contributed by atoms with E-state index in [1.165, 1.54) is 31.2 Å². The van der Waals surface area contributed by atoms with Crippen molar-refractivity contribution >= 4 is 0 Å². The molecule has 0 aromatic heterocycles. The Morgan fingerprint density at radius 1 is 1.12 bits per heavy atom. The number of benzene rings is 1. The topological polar surface area (TPSA) is 9.23 Å². The zero-order chi connectivity index (χ0) is 12.5. The summed E-state index contributed by atoms with van der Waals surface area (Å²) >= 11 is 0. The van der Waals surface area contributed by atoms with E-state index < -0.39 is 0 Å². The monoisotopic (exact) mass is 233 g/mol. The van der Waals surface area contributed by atoms with Crippen LogP contribution in [-0.2, 0) is 0 Å². The molecule has 1 unspecified atom stereocenters. The van der Waals surface area contributed by atoms with Crippen molar-refractivity contribution in [1.29, 1.82) is 0 Å². The van der Waals surface area contributed by atoms with Crippen molar-refractivity contribution in [2.45, 2.75) is 51.9 Å². The van der Waals surface area contributed by atoms with Crippen LogP contribution in [0.25, 0.3) is 0 Å². The van der Waals surface area contributed by atoms with E-state index in [4.69, 9.17) is 4.74 Å². The van der Waals surface area contributed by atoms with E-state index in [1.54, 1.807) is 0 Å². The van der Waals surface area contributed by atoms with Gasteiger partial charge in [-0.25, -0.2) is 0 Å². The molecule has 0 saturated heterocycles. The SMILES string of the molecule is [CH2]C(CCCCCC)c1ccccc1OCC. The van der Waals surface area contributed by atoms with Gasteiger partial charge in [0.1, 0.15) is 5.75 Å². The van der Waals surface area contributed by atoms with Crippen LogP contribution in [0.3, 0.4) is 0 Å². The van der Waals surface area contributed by atoms with Crippen LogP contribution in [0.4, 0.5) is 0 Å². The third-order valence-corrected chi connectivity index (χ3v) is 3.06. The molecule has 1 rings (SSSR count). The quantitative estimate of drug-likeness (QED) is 0.576. The molecule has 0 spiro atoms. The van der Waals surface area contributed by atoms with Gasteiger partial charge in [-0.1, -0.05) is 50.8 Å². The highest BCUT2D eigenvalue weighted by atomic mass is 16.5. The highest BCUT2D eigenvalue weighted by Gasteiger charge is 2.10. The Hall–Kier alpha value is -0.980. The second kappa shape index (κ2) is 8.16. The van der Waals surface area contributed by atoms with Crippen LogP contribution in [0.15, 0.2) is 24.3 Å². The number of rotatable bonds is 8. The minimum Gasteiger partial charge on any atom is -0.494 e. The van der Waals surface area contributed by atoms with Gasteiger partial charge in [0.05, 0.1) is 6.61 Å². The fourth-order valence-electron chi connectivity index (χ4n) is 2.08. The van der Waals surface area contributed by atoms with Crippen LogP contribution in [0, 0.1) is 6.92 Å². The molecular formula is C16H25O. The summed E-state index contributed by atoms with van der Waals surface area (Å²) in [6.45, 7) is 9.26. The molecule has 0 N–H and O–H groups in total. The zero-order valence-corrected chi connectivity index (χ0v) is 11.2. The summed E-state index contributed by atoms with van der Waals surface area (Å²) in [6.07, 6.45) is 6.36. The van der Waals surface area contributed by atoms with Crippen LogP contribution in [-0.4, -0.2) is 6.61 Å². The van der Waals surface area contributed by atoms with Crippen molar-refractivity contribution in [2.75, 3.05) is 6.61 Å². The second-order valence-electron chi connectivity index (χ2n) is 4.52. The number of ether oxygens (including phenoxy) is 1. The van der Waals surface area contributed by atoms with E-state index in [0.29, 0.717) is 5.92 Å². The lowest BCUT2D eigenvalue weighted by Crippen LogP contribution is -2.00. The van der Waals surface area contributed by atoms with E-state index in [9.17, 15) is 0 Å². The van der Waals surface area contributed by atoms with Crippen LogP contribution < -0.4 is 4.74 Å². The predicted molar refractivity (Wildman–Crippen MR) is 74.5 cm³/mol. The molecule has 0 bridgehead atoms. The first-order valence-corrected chi connectivity index (χ1v) is 6.84. The predicted octanol–water partition coefficient (Wildman–Crippen LogP) is 4.97. The van der Waals surface area contributed by atoms with Gasteiger partial charge in [-0.05, 0) is 37.8 Å². The highest BCUT2D eigenvalue weighted by molar-refractivity contribution is 5.36. The van der Waals surface area contributed by atoms with Gasteiger partial charge in [-0.2, -0.15) is 0 Å². The molecule has 0 saturated carbocycles. The molecule has 0 aliphatic rings. The molecule has 17 heavy (non-hydrogen) atoms. The Balaban J connectivity index is 2.52. The average Bonchev–Trinajstić information content (AvgIpc) is 2.35. The molecule has 0 aliphatic heterocycles. The number of para-hydroxylation sites is 1. The Labute approximate surface area is 106 Å². The molecule has 1 aromatic carbocycles. The minimum atomic E-state index is 0.356. The summed E-state index contributed by atoms with van der Waals surface area (Å²) in [4.78, 5) is 0. The summed E-state index contributed by atoms with van der Waals surface area (Å²) in [5.74, 6) is 1.36. The maximum atomic E-state index is 5.65. The summed E-state index contributed by atoms with van der Waals surface area (Å²) in [5, 5.41) is 0. The zero-order valence-electron chi connectivity index (χ0n) is 11.2. The summed E-state index contributed by atoms with van der Waals surface area (Å²) in [5.41, 5.74) is 1.26. The molecule has 95 valence electrons. The summed E-state index contributed by atoms with van der Waals surface area (Å²) < 4.78 is 5.65. The number of unbranched alkanes of at least 4 members (excludes halogenated alkanes) is 3. The maximum absolute atomic E-state index is 5.65. The van der Waals surface area contributed by atoms with E-state index in [0.717, 1.165) is 18.8 Å². The largest absolute Gasteiger partial charge is 0.494 e. The lowest BCUT2D eigenvalue weighted by molar-refractivity contribution is 0.334. The smallest absolute Gasteiger partial charge is 0.122 e. The first-order chi connectivity index (χ1) is 8.29. The van der Waals surface area contributed by atoms with Crippen LogP contribution in [0.2, 0.25) is 0 Å². The molecule has 0 amide bonds. The van der Waals surface area contributed by atoms with E-state index in [-0.39, 0.29) is 0 Å². The van der Waals surface area contributed by atoms with Gasteiger partial charge >= 0.3 is 0 Å². The van der Waals surface area contributed by atoms with Crippen molar-refractivity contribution in [3.8, 4) is 5.75 Å². The van der Waals surface area contributed by atoms with Gasteiger partial charge < -0.3 is 4.74 Å². The molecule has 1 atom stereocenters. The van der Waals surface area contributed by atoms with Crippen LogP contribution in [0.5, 0.6) is 5.75 Å². The molecule has 0 aliphatic carbocycles. The van der Waals surface area contributed by atoms with E-state index in [1.807, 2.05) is 19.1 Å². The standard InChI is InChI=1S/C16H25O/c1-4-6-7-8-11-14(3)15-12-9-10-13-16(15)17-5-2/h9-10,12-14H,3-8,11H2,1-2H3. The van der Waals surface area contributed by atoms with Gasteiger partial charge in [0, 0.05) is 0 Å². The van der Waals surface area contributed by atoms with Crippen LogP contribution >= 0.6 is 0 Å². The molecule has 1 nitrogen and oxygen atoms in total. The van der Waals surface area contributed by atoms with Crippen molar-refractivity contribution in [1.82, 2.24) is 0 Å². The molecule has 0 heterocycles. The molecular weight excluding hydrogens is 208 g/mol. The fourth-order valence-corrected chi connectivity index (χ4v) is 2.08. The Morgan fingerprint density at radius 2 is 1.88 bits per heavy atom. The third-order valence-electron chi connectivity index (χ3n) is 3.06. The molecule has 1 heteroatoms. The van der Waals surface area contributed by atoms with Crippen molar-refractivity contribution in [3.63, 3.8) is 0 Å². The normalized spacial score (nSPS) is 12.4. The second-order valence-corrected chi connectivity index (χ2v) is 4.52. The van der Waals surface area contributed by atoms with E-state index in [2.05, 4.69) is 26.0 Å². The maximum Gasteiger partial charge on any atom is 0.122 e. The van der Waals surface area contributed by atoms with Gasteiger partial charge in [0.25, 0.3) is 0 Å². The van der Waals surface area contributed by atoms with Crippen LogP contribution in [0.1, 0.15) is 57.4 Å². The van der Waals surface area contributed by atoms with Crippen molar-refractivity contribution in [3.05, 3.63) is 36.8 Å². The molecule has 1 radical (unpaired) electrons. The fraction of sp³-hybridized carbons (Fsp3) is 0.562. The lowest BCUT2D eigenvalue weighted by atomic mass is 9.94. The minimum absolute atomic E-state index is 0.356. The Bertz CT molecular complexity index is 306.